The molecule has 0 aliphatic carbocycles. The zero-order valence-electron chi connectivity index (χ0n) is 15.5. The Bertz CT molecular complexity index is 488. The third kappa shape index (κ3) is 6.15. The van der Waals surface area contributed by atoms with E-state index in [-0.39, 0.29) is 5.91 Å². The molecule has 3 rings (SSSR count). The number of aryl methyl sites for hydroxylation is 1. The van der Waals surface area contributed by atoms with Gasteiger partial charge in [0.2, 0.25) is 5.91 Å². The second kappa shape index (κ2) is 9.97. The monoisotopic (exact) mass is 346 g/mol. The minimum Gasteiger partial charge on any atom is -0.356 e. The van der Waals surface area contributed by atoms with Crippen LogP contribution in [0.2, 0.25) is 0 Å². The molecule has 0 saturated carbocycles. The number of piperidine rings is 2. The van der Waals surface area contributed by atoms with E-state index >= 15 is 0 Å². The van der Waals surface area contributed by atoms with Crippen LogP contribution >= 0.6 is 0 Å². The molecular weight excluding hydrogens is 312 g/mol. The van der Waals surface area contributed by atoms with Crippen molar-refractivity contribution in [2.24, 2.45) is 0 Å². The summed E-state index contributed by atoms with van der Waals surface area (Å²) >= 11 is 0. The van der Waals surface area contributed by atoms with Crippen molar-refractivity contribution < 1.29 is 4.79 Å². The van der Waals surface area contributed by atoms with Gasteiger partial charge in [-0.2, -0.15) is 0 Å². The quantitative estimate of drug-likeness (QED) is 0.735. The topological polar surface area (TPSA) is 40.5 Å². The van der Waals surface area contributed by atoms with Crippen molar-refractivity contribution in [2.75, 3.05) is 39.3 Å². The first-order valence-corrected chi connectivity index (χ1v) is 10.1. The van der Waals surface area contributed by atoms with Gasteiger partial charge in [-0.05, 0) is 77.0 Å². The van der Waals surface area contributed by atoms with Crippen LogP contribution in [0.4, 0.5) is 0 Å². The third-order valence-electron chi connectivity index (χ3n) is 5.70. The van der Waals surface area contributed by atoms with Gasteiger partial charge in [-0.3, -0.25) is 4.79 Å². The van der Waals surface area contributed by atoms with E-state index in [4.69, 9.17) is 0 Å². The number of nitrogens with one attached hydrogen (secondary N) is 1. The van der Waals surface area contributed by atoms with Crippen molar-refractivity contribution >= 4 is 5.91 Å². The third-order valence-corrected chi connectivity index (χ3v) is 5.70. The predicted molar refractivity (Wildman–Crippen MR) is 102 cm³/mol. The second-order valence-corrected chi connectivity index (χ2v) is 7.54. The van der Waals surface area contributed by atoms with Crippen molar-refractivity contribution in [2.45, 2.75) is 57.5 Å². The summed E-state index contributed by atoms with van der Waals surface area (Å²) in [6.45, 7) is 7.77. The second-order valence-electron chi connectivity index (χ2n) is 7.54. The summed E-state index contributed by atoms with van der Waals surface area (Å²) in [5.41, 5.74) is 0. The van der Waals surface area contributed by atoms with Crippen LogP contribution in [0.15, 0.2) is 24.5 Å². The van der Waals surface area contributed by atoms with Gasteiger partial charge in [-0.1, -0.05) is 6.42 Å². The van der Waals surface area contributed by atoms with E-state index in [0.29, 0.717) is 6.42 Å². The molecule has 5 heteroatoms. The molecule has 0 unspecified atom stereocenters. The Morgan fingerprint density at radius 1 is 0.960 bits per heavy atom. The molecule has 0 spiro atoms. The van der Waals surface area contributed by atoms with Crippen LogP contribution in [0.25, 0.3) is 0 Å². The Labute approximate surface area is 152 Å². The lowest BCUT2D eigenvalue weighted by Crippen LogP contribution is -2.47. The molecule has 0 aromatic carbocycles. The van der Waals surface area contributed by atoms with Crippen LogP contribution in [-0.2, 0) is 11.3 Å². The van der Waals surface area contributed by atoms with Crippen molar-refractivity contribution in [1.82, 2.24) is 19.7 Å². The number of rotatable bonds is 8. The smallest absolute Gasteiger partial charge is 0.221 e. The number of amides is 1. The molecule has 0 atom stereocenters. The van der Waals surface area contributed by atoms with Crippen molar-refractivity contribution in [3.63, 3.8) is 0 Å². The van der Waals surface area contributed by atoms with Gasteiger partial charge in [0, 0.05) is 37.9 Å². The van der Waals surface area contributed by atoms with E-state index in [1.807, 2.05) is 29.1 Å². The summed E-state index contributed by atoms with van der Waals surface area (Å²) in [6, 6.07) is 4.81. The number of hydrogen-bond donors (Lipinski definition) is 1. The lowest BCUT2D eigenvalue weighted by atomic mass is 10.00. The van der Waals surface area contributed by atoms with Gasteiger partial charge in [0.25, 0.3) is 0 Å². The fraction of sp³-hybridized carbons (Fsp3) is 0.750. The zero-order valence-corrected chi connectivity index (χ0v) is 15.5. The molecule has 1 aromatic rings. The van der Waals surface area contributed by atoms with Crippen molar-refractivity contribution in [3.05, 3.63) is 24.5 Å². The average Bonchev–Trinajstić information content (AvgIpc) is 3.18. The number of hydrogen-bond acceptors (Lipinski definition) is 3. The Morgan fingerprint density at radius 3 is 2.40 bits per heavy atom. The fourth-order valence-corrected chi connectivity index (χ4v) is 4.16. The lowest BCUT2D eigenvalue weighted by Gasteiger charge is -2.40. The maximum Gasteiger partial charge on any atom is 0.221 e. The summed E-state index contributed by atoms with van der Waals surface area (Å²) in [5, 5.41) is 3.06. The van der Waals surface area contributed by atoms with Gasteiger partial charge >= 0.3 is 0 Å². The minimum atomic E-state index is 0.164. The highest BCUT2D eigenvalue weighted by molar-refractivity contribution is 5.75. The average molecular weight is 347 g/mol. The summed E-state index contributed by atoms with van der Waals surface area (Å²) in [6.07, 6.45) is 12.5. The molecule has 0 bridgehead atoms. The molecule has 0 radical (unpaired) electrons. The molecule has 1 N–H and O–H groups in total. The highest BCUT2D eigenvalue weighted by Gasteiger charge is 2.25. The first-order valence-electron chi connectivity index (χ1n) is 10.1. The highest BCUT2D eigenvalue weighted by atomic mass is 16.1. The molecule has 2 saturated heterocycles. The number of aromatic nitrogens is 1. The SMILES string of the molecule is O=C(CCn1cccc1)NCCCN1CCC(N2CCCCC2)CC1. The first kappa shape index (κ1) is 18.5. The van der Waals surface area contributed by atoms with E-state index in [0.717, 1.165) is 32.1 Å². The van der Waals surface area contributed by atoms with Crippen LogP contribution in [0, 0.1) is 0 Å². The Kier molecular flexibility index (Phi) is 7.37. The molecule has 140 valence electrons. The standard InChI is InChI=1S/C20H34N4O/c25-20(9-18-22-11-4-5-12-22)21-10-6-13-23-16-7-19(8-17-23)24-14-2-1-3-15-24/h4-5,11-12,19H,1-3,6-10,13-18H2,(H,21,25). The summed E-state index contributed by atoms with van der Waals surface area (Å²) in [7, 11) is 0. The minimum absolute atomic E-state index is 0.164. The zero-order chi connectivity index (χ0) is 17.3. The molecular formula is C20H34N4O. The molecule has 3 heterocycles. The van der Waals surface area contributed by atoms with Gasteiger partial charge in [-0.25, -0.2) is 0 Å². The van der Waals surface area contributed by atoms with E-state index < -0.39 is 0 Å². The Morgan fingerprint density at radius 2 is 1.68 bits per heavy atom. The number of carbonyl (C=O) groups excluding carboxylic acids is 1. The van der Waals surface area contributed by atoms with Crippen LogP contribution in [0.1, 0.15) is 44.9 Å². The maximum atomic E-state index is 11.9. The molecule has 2 aliphatic heterocycles. The molecule has 5 nitrogen and oxygen atoms in total. The van der Waals surface area contributed by atoms with E-state index in [1.165, 1.54) is 58.3 Å². The number of likely N-dealkylation sites (tertiary alicyclic amines) is 2. The molecule has 1 aromatic heterocycles. The highest BCUT2D eigenvalue weighted by Crippen LogP contribution is 2.20. The summed E-state index contributed by atoms with van der Waals surface area (Å²) in [5.74, 6) is 0.164. The molecule has 2 aliphatic rings. The summed E-state index contributed by atoms with van der Waals surface area (Å²) < 4.78 is 2.05. The van der Waals surface area contributed by atoms with Crippen molar-refractivity contribution in [3.8, 4) is 0 Å². The lowest BCUT2D eigenvalue weighted by molar-refractivity contribution is -0.121. The summed E-state index contributed by atoms with van der Waals surface area (Å²) in [4.78, 5) is 17.2. The van der Waals surface area contributed by atoms with Crippen LogP contribution in [-0.4, -0.2) is 65.6 Å². The van der Waals surface area contributed by atoms with Crippen LogP contribution < -0.4 is 5.32 Å². The van der Waals surface area contributed by atoms with Gasteiger partial charge in [0.05, 0.1) is 0 Å². The van der Waals surface area contributed by atoms with E-state index in [2.05, 4.69) is 15.1 Å². The molecule has 1 amide bonds. The largest absolute Gasteiger partial charge is 0.356 e. The maximum absolute atomic E-state index is 11.9. The molecule has 2 fully saturated rings. The van der Waals surface area contributed by atoms with Gasteiger partial charge in [0.15, 0.2) is 0 Å². The van der Waals surface area contributed by atoms with Gasteiger partial charge in [0.1, 0.15) is 0 Å². The normalized spacial score (nSPS) is 20.6. The van der Waals surface area contributed by atoms with Crippen LogP contribution in [0.5, 0.6) is 0 Å². The first-order chi connectivity index (χ1) is 12.3. The number of carbonyl (C=O) groups is 1. The van der Waals surface area contributed by atoms with Crippen molar-refractivity contribution in [1.29, 1.82) is 0 Å². The van der Waals surface area contributed by atoms with Gasteiger partial charge in [-0.15, -0.1) is 0 Å². The van der Waals surface area contributed by atoms with Gasteiger partial charge < -0.3 is 19.7 Å². The Hall–Kier alpha value is -1.33. The molecule has 25 heavy (non-hydrogen) atoms. The van der Waals surface area contributed by atoms with Crippen LogP contribution in [0.3, 0.4) is 0 Å². The van der Waals surface area contributed by atoms with E-state index in [9.17, 15) is 4.79 Å². The van der Waals surface area contributed by atoms with E-state index in [1.54, 1.807) is 0 Å². The predicted octanol–water partition coefficient (Wildman–Crippen LogP) is 2.33. The Balaban J connectivity index is 1.22. The number of nitrogens with zero attached hydrogens (tertiary/aromatic N) is 3. The fourth-order valence-electron chi connectivity index (χ4n) is 4.16.